The Morgan fingerprint density at radius 1 is 1.44 bits per heavy atom. The third-order valence-electron chi connectivity index (χ3n) is 3.58. The molecular formula is C13H21N3. The van der Waals surface area contributed by atoms with Crippen molar-refractivity contribution < 1.29 is 0 Å². The van der Waals surface area contributed by atoms with Gasteiger partial charge in [0, 0.05) is 37.1 Å². The van der Waals surface area contributed by atoms with Gasteiger partial charge in [0.25, 0.3) is 0 Å². The number of nitrogens with zero attached hydrogens (tertiary/aromatic N) is 2. The van der Waals surface area contributed by atoms with E-state index in [0.717, 1.165) is 6.54 Å². The van der Waals surface area contributed by atoms with E-state index in [0.29, 0.717) is 18.1 Å². The van der Waals surface area contributed by atoms with Crippen LogP contribution in [-0.4, -0.2) is 35.6 Å². The Kier molecular flexibility index (Phi) is 3.56. The van der Waals surface area contributed by atoms with Gasteiger partial charge in [-0.3, -0.25) is 4.98 Å². The van der Waals surface area contributed by atoms with E-state index in [4.69, 9.17) is 0 Å². The number of likely N-dealkylation sites (tertiary alicyclic amines) is 1. The fourth-order valence-corrected chi connectivity index (χ4v) is 2.42. The molecule has 1 aliphatic heterocycles. The van der Waals surface area contributed by atoms with Crippen LogP contribution in [0.15, 0.2) is 24.5 Å². The van der Waals surface area contributed by atoms with Crippen molar-refractivity contribution in [2.24, 2.45) is 0 Å². The Labute approximate surface area is 97.9 Å². The maximum atomic E-state index is 4.05. The molecule has 0 amide bonds. The topological polar surface area (TPSA) is 28.2 Å². The van der Waals surface area contributed by atoms with Crippen LogP contribution in [-0.2, 0) is 0 Å². The monoisotopic (exact) mass is 219 g/mol. The molecule has 0 spiro atoms. The number of likely N-dealkylation sites (N-methyl/N-ethyl adjacent to an activating group) is 1. The van der Waals surface area contributed by atoms with Gasteiger partial charge < -0.3 is 10.2 Å². The average molecular weight is 219 g/mol. The van der Waals surface area contributed by atoms with Gasteiger partial charge in [0.1, 0.15) is 0 Å². The van der Waals surface area contributed by atoms with Gasteiger partial charge in [-0.15, -0.1) is 0 Å². The standard InChI is InChI=1S/C13H21N3/c1-10-8-13(9-16(10)3)15-11(2)12-4-6-14-7-5-12/h4-7,10-11,13,15H,8-9H2,1-3H3. The lowest BCUT2D eigenvalue weighted by molar-refractivity contribution is 0.325. The lowest BCUT2D eigenvalue weighted by Gasteiger charge is -2.19. The van der Waals surface area contributed by atoms with Crippen molar-refractivity contribution in [2.45, 2.75) is 38.4 Å². The van der Waals surface area contributed by atoms with Crippen LogP contribution in [0.4, 0.5) is 0 Å². The second-order valence-electron chi connectivity index (χ2n) is 4.89. The Hall–Kier alpha value is -0.930. The molecule has 2 heterocycles. The summed E-state index contributed by atoms with van der Waals surface area (Å²) in [5.41, 5.74) is 1.32. The van der Waals surface area contributed by atoms with E-state index in [9.17, 15) is 0 Å². The molecule has 3 atom stereocenters. The Morgan fingerprint density at radius 2 is 2.12 bits per heavy atom. The molecule has 1 aromatic rings. The van der Waals surface area contributed by atoms with Crippen LogP contribution in [0.1, 0.15) is 31.9 Å². The van der Waals surface area contributed by atoms with E-state index in [1.165, 1.54) is 12.0 Å². The van der Waals surface area contributed by atoms with Gasteiger partial charge in [0.15, 0.2) is 0 Å². The summed E-state index contributed by atoms with van der Waals surface area (Å²) >= 11 is 0. The molecule has 0 saturated carbocycles. The summed E-state index contributed by atoms with van der Waals surface area (Å²) < 4.78 is 0. The van der Waals surface area contributed by atoms with Gasteiger partial charge in [0.05, 0.1) is 0 Å². The zero-order chi connectivity index (χ0) is 11.5. The van der Waals surface area contributed by atoms with Gasteiger partial charge in [-0.2, -0.15) is 0 Å². The predicted molar refractivity (Wildman–Crippen MR) is 66.3 cm³/mol. The van der Waals surface area contributed by atoms with Gasteiger partial charge in [-0.1, -0.05) is 0 Å². The summed E-state index contributed by atoms with van der Waals surface area (Å²) in [6.45, 7) is 5.66. The lowest BCUT2D eigenvalue weighted by Crippen LogP contribution is -2.33. The van der Waals surface area contributed by atoms with Crippen LogP contribution < -0.4 is 5.32 Å². The molecule has 2 rings (SSSR count). The molecule has 88 valence electrons. The average Bonchev–Trinajstić information content (AvgIpc) is 2.59. The van der Waals surface area contributed by atoms with Crippen LogP contribution >= 0.6 is 0 Å². The highest BCUT2D eigenvalue weighted by atomic mass is 15.2. The number of aromatic nitrogens is 1. The van der Waals surface area contributed by atoms with E-state index in [1.807, 2.05) is 12.4 Å². The first-order valence-electron chi connectivity index (χ1n) is 6.03. The van der Waals surface area contributed by atoms with Crippen molar-refractivity contribution in [1.29, 1.82) is 0 Å². The molecule has 1 N–H and O–H groups in total. The van der Waals surface area contributed by atoms with Gasteiger partial charge in [0.2, 0.25) is 0 Å². The Bertz CT molecular complexity index is 315. The van der Waals surface area contributed by atoms with Gasteiger partial charge >= 0.3 is 0 Å². The number of rotatable bonds is 3. The fourth-order valence-electron chi connectivity index (χ4n) is 2.42. The SMILES string of the molecule is CC(NC1CC(C)N(C)C1)c1ccncc1. The minimum absolute atomic E-state index is 0.409. The second kappa shape index (κ2) is 4.93. The first-order valence-corrected chi connectivity index (χ1v) is 6.03. The maximum Gasteiger partial charge on any atom is 0.0296 e. The molecule has 3 unspecified atom stereocenters. The van der Waals surface area contributed by atoms with E-state index in [2.05, 4.69) is 48.2 Å². The molecule has 1 aliphatic rings. The van der Waals surface area contributed by atoms with Gasteiger partial charge in [-0.25, -0.2) is 0 Å². The smallest absolute Gasteiger partial charge is 0.0296 e. The summed E-state index contributed by atoms with van der Waals surface area (Å²) in [7, 11) is 2.20. The first-order chi connectivity index (χ1) is 7.66. The summed E-state index contributed by atoms with van der Waals surface area (Å²) in [6.07, 6.45) is 4.96. The van der Waals surface area contributed by atoms with E-state index < -0.39 is 0 Å². The van der Waals surface area contributed by atoms with Crippen LogP contribution in [0.25, 0.3) is 0 Å². The second-order valence-corrected chi connectivity index (χ2v) is 4.89. The molecule has 0 bridgehead atoms. The van der Waals surface area contributed by atoms with Crippen molar-refractivity contribution in [1.82, 2.24) is 15.2 Å². The summed E-state index contributed by atoms with van der Waals surface area (Å²) in [5.74, 6) is 0. The third-order valence-corrected chi connectivity index (χ3v) is 3.58. The van der Waals surface area contributed by atoms with E-state index >= 15 is 0 Å². The highest BCUT2D eigenvalue weighted by Gasteiger charge is 2.26. The number of hydrogen-bond donors (Lipinski definition) is 1. The quantitative estimate of drug-likeness (QED) is 0.840. The number of hydrogen-bond acceptors (Lipinski definition) is 3. The van der Waals surface area contributed by atoms with E-state index in [1.54, 1.807) is 0 Å². The van der Waals surface area contributed by atoms with E-state index in [-0.39, 0.29) is 0 Å². The van der Waals surface area contributed by atoms with Crippen molar-refractivity contribution in [3.05, 3.63) is 30.1 Å². The van der Waals surface area contributed by atoms with Gasteiger partial charge in [-0.05, 0) is 45.0 Å². The summed E-state index contributed by atoms with van der Waals surface area (Å²) in [6, 6.07) is 5.89. The van der Waals surface area contributed by atoms with Crippen molar-refractivity contribution in [3.63, 3.8) is 0 Å². The molecule has 3 heteroatoms. The highest BCUT2D eigenvalue weighted by Crippen LogP contribution is 2.19. The number of pyridine rings is 1. The van der Waals surface area contributed by atoms with Crippen LogP contribution in [0.5, 0.6) is 0 Å². The Morgan fingerprint density at radius 3 is 2.69 bits per heavy atom. The fraction of sp³-hybridized carbons (Fsp3) is 0.615. The minimum Gasteiger partial charge on any atom is -0.306 e. The maximum absolute atomic E-state index is 4.05. The molecule has 0 aliphatic carbocycles. The molecule has 3 nitrogen and oxygen atoms in total. The molecular weight excluding hydrogens is 198 g/mol. The van der Waals surface area contributed by atoms with Crippen molar-refractivity contribution >= 4 is 0 Å². The van der Waals surface area contributed by atoms with Crippen LogP contribution in [0.2, 0.25) is 0 Å². The predicted octanol–water partition coefficient (Wildman–Crippen LogP) is 1.82. The lowest BCUT2D eigenvalue weighted by atomic mass is 10.1. The summed E-state index contributed by atoms with van der Waals surface area (Å²) in [4.78, 5) is 6.46. The van der Waals surface area contributed by atoms with Crippen molar-refractivity contribution in [2.75, 3.05) is 13.6 Å². The van der Waals surface area contributed by atoms with Crippen LogP contribution in [0.3, 0.4) is 0 Å². The largest absolute Gasteiger partial charge is 0.306 e. The first kappa shape index (κ1) is 11.6. The molecule has 1 saturated heterocycles. The highest BCUT2D eigenvalue weighted by molar-refractivity contribution is 5.14. The molecule has 0 radical (unpaired) electrons. The zero-order valence-electron chi connectivity index (χ0n) is 10.4. The third kappa shape index (κ3) is 2.60. The Balaban J connectivity index is 1.91. The van der Waals surface area contributed by atoms with Crippen LogP contribution in [0, 0.1) is 0 Å². The zero-order valence-corrected chi connectivity index (χ0v) is 10.4. The normalized spacial score (nSPS) is 28.2. The molecule has 16 heavy (non-hydrogen) atoms. The number of nitrogens with one attached hydrogen (secondary N) is 1. The minimum atomic E-state index is 0.409. The molecule has 0 aromatic carbocycles. The van der Waals surface area contributed by atoms with Crippen molar-refractivity contribution in [3.8, 4) is 0 Å². The molecule has 1 fully saturated rings. The summed E-state index contributed by atoms with van der Waals surface area (Å²) in [5, 5.41) is 3.69. The molecule has 1 aromatic heterocycles.